The molecule has 1 unspecified atom stereocenters. The second-order valence-corrected chi connectivity index (χ2v) is 4.41. The maximum atomic E-state index is 9.14. The van der Waals surface area contributed by atoms with E-state index in [2.05, 4.69) is 13.8 Å². The lowest BCUT2D eigenvalue weighted by atomic mass is 9.83. The van der Waals surface area contributed by atoms with Gasteiger partial charge in [-0.05, 0) is 36.0 Å². The van der Waals surface area contributed by atoms with Crippen molar-refractivity contribution in [3.8, 4) is 5.75 Å². The third kappa shape index (κ3) is 2.91. The van der Waals surface area contributed by atoms with E-state index in [4.69, 9.17) is 16.7 Å². The van der Waals surface area contributed by atoms with Crippen molar-refractivity contribution in [3.63, 3.8) is 0 Å². The molecule has 0 heterocycles. The van der Waals surface area contributed by atoms with Crippen molar-refractivity contribution in [2.75, 3.05) is 5.88 Å². The number of phenols is 1. The highest BCUT2D eigenvalue weighted by molar-refractivity contribution is 6.18. The van der Waals surface area contributed by atoms with Gasteiger partial charge in [0.15, 0.2) is 0 Å². The monoisotopic (exact) mass is 212 g/mol. The molecule has 2 heteroatoms. The molecule has 1 N–H and O–H groups in total. The van der Waals surface area contributed by atoms with Gasteiger partial charge in [-0.1, -0.05) is 26.0 Å². The van der Waals surface area contributed by atoms with Gasteiger partial charge < -0.3 is 5.11 Å². The number of phenolic OH excluding ortho intramolecular Hbond substituents is 1. The largest absolute Gasteiger partial charge is 0.508 e. The predicted octanol–water partition coefficient (Wildman–Crippen LogP) is 3.59. The van der Waals surface area contributed by atoms with Crippen LogP contribution in [-0.4, -0.2) is 11.0 Å². The first-order chi connectivity index (χ1) is 6.59. The second kappa shape index (κ2) is 4.70. The van der Waals surface area contributed by atoms with E-state index in [9.17, 15) is 0 Å². The Hall–Kier alpha value is -0.690. The quantitative estimate of drug-likeness (QED) is 0.757. The molecule has 0 aliphatic heterocycles. The Labute approximate surface area is 90.7 Å². The first-order valence-electron chi connectivity index (χ1n) is 4.93. The van der Waals surface area contributed by atoms with Crippen molar-refractivity contribution in [2.45, 2.75) is 26.7 Å². The molecule has 0 saturated heterocycles. The second-order valence-electron chi connectivity index (χ2n) is 4.14. The van der Waals surface area contributed by atoms with Crippen molar-refractivity contribution in [2.24, 2.45) is 5.41 Å². The topological polar surface area (TPSA) is 20.2 Å². The molecule has 0 spiro atoms. The number of aromatic hydroxyl groups is 1. The van der Waals surface area contributed by atoms with E-state index in [1.165, 1.54) is 5.56 Å². The Morgan fingerprint density at radius 2 is 1.86 bits per heavy atom. The molecule has 78 valence electrons. The van der Waals surface area contributed by atoms with Crippen molar-refractivity contribution < 1.29 is 5.11 Å². The van der Waals surface area contributed by atoms with Gasteiger partial charge in [0.25, 0.3) is 0 Å². The molecule has 0 radical (unpaired) electrons. The molecule has 14 heavy (non-hydrogen) atoms. The highest BCUT2D eigenvalue weighted by Crippen LogP contribution is 2.28. The van der Waals surface area contributed by atoms with Crippen LogP contribution in [0.4, 0.5) is 0 Å². The molecule has 0 aromatic heterocycles. The average Bonchev–Trinajstić information content (AvgIpc) is 2.21. The van der Waals surface area contributed by atoms with E-state index >= 15 is 0 Å². The summed E-state index contributed by atoms with van der Waals surface area (Å²) in [5, 5.41) is 9.14. The number of hydrogen-bond acceptors (Lipinski definition) is 1. The zero-order valence-corrected chi connectivity index (χ0v) is 9.51. The SMILES string of the molecule is CCC(C)(CCl)Cc1ccc(O)cc1. The maximum Gasteiger partial charge on any atom is 0.115 e. The van der Waals surface area contributed by atoms with Crippen LogP contribution in [0.2, 0.25) is 0 Å². The van der Waals surface area contributed by atoms with Gasteiger partial charge in [-0.2, -0.15) is 0 Å². The smallest absolute Gasteiger partial charge is 0.115 e. The molecule has 0 amide bonds. The van der Waals surface area contributed by atoms with Crippen LogP contribution in [-0.2, 0) is 6.42 Å². The Morgan fingerprint density at radius 1 is 1.29 bits per heavy atom. The highest BCUT2D eigenvalue weighted by atomic mass is 35.5. The van der Waals surface area contributed by atoms with Gasteiger partial charge in [0, 0.05) is 5.88 Å². The molecule has 0 saturated carbocycles. The van der Waals surface area contributed by atoms with Crippen LogP contribution in [0, 0.1) is 5.41 Å². The van der Waals surface area contributed by atoms with Gasteiger partial charge in [-0.15, -0.1) is 11.6 Å². The summed E-state index contributed by atoms with van der Waals surface area (Å²) < 4.78 is 0. The molecular formula is C12H17ClO. The molecule has 0 fully saturated rings. The Bertz CT molecular complexity index is 275. The zero-order valence-electron chi connectivity index (χ0n) is 8.76. The Morgan fingerprint density at radius 3 is 2.29 bits per heavy atom. The summed E-state index contributed by atoms with van der Waals surface area (Å²) in [5.41, 5.74) is 1.39. The number of rotatable bonds is 4. The summed E-state index contributed by atoms with van der Waals surface area (Å²) in [6, 6.07) is 7.35. The number of benzene rings is 1. The predicted molar refractivity (Wildman–Crippen MR) is 60.9 cm³/mol. The van der Waals surface area contributed by atoms with Gasteiger partial charge in [0.1, 0.15) is 5.75 Å². The summed E-state index contributed by atoms with van der Waals surface area (Å²) in [6.07, 6.45) is 2.03. The molecule has 1 aromatic rings. The minimum absolute atomic E-state index is 0.165. The number of alkyl halides is 1. The average molecular weight is 213 g/mol. The maximum absolute atomic E-state index is 9.14. The Balaban J connectivity index is 2.72. The third-order valence-electron chi connectivity index (χ3n) is 2.74. The van der Waals surface area contributed by atoms with E-state index in [1.54, 1.807) is 12.1 Å². The minimum atomic E-state index is 0.165. The molecule has 0 aliphatic rings. The van der Waals surface area contributed by atoms with Crippen LogP contribution in [0.5, 0.6) is 5.75 Å². The van der Waals surface area contributed by atoms with E-state index in [0.29, 0.717) is 11.6 Å². The number of hydrogen-bond donors (Lipinski definition) is 1. The summed E-state index contributed by atoms with van der Waals surface area (Å²) in [7, 11) is 0. The van der Waals surface area contributed by atoms with Crippen LogP contribution < -0.4 is 0 Å². The molecule has 1 atom stereocenters. The van der Waals surface area contributed by atoms with E-state index in [0.717, 1.165) is 12.8 Å². The molecule has 0 bridgehead atoms. The van der Waals surface area contributed by atoms with E-state index in [-0.39, 0.29) is 5.41 Å². The van der Waals surface area contributed by atoms with E-state index < -0.39 is 0 Å². The molecule has 1 aromatic carbocycles. The fraction of sp³-hybridized carbons (Fsp3) is 0.500. The summed E-state index contributed by atoms with van der Waals surface area (Å²) in [5.74, 6) is 0.988. The van der Waals surface area contributed by atoms with Crippen molar-refractivity contribution in [1.29, 1.82) is 0 Å². The summed E-state index contributed by atoms with van der Waals surface area (Å²) in [4.78, 5) is 0. The van der Waals surface area contributed by atoms with Crippen LogP contribution in [0.1, 0.15) is 25.8 Å². The van der Waals surface area contributed by atoms with Gasteiger partial charge in [-0.3, -0.25) is 0 Å². The molecule has 1 rings (SSSR count). The van der Waals surface area contributed by atoms with Crippen molar-refractivity contribution in [1.82, 2.24) is 0 Å². The molecule has 1 nitrogen and oxygen atoms in total. The summed E-state index contributed by atoms with van der Waals surface area (Å²) >= 11 is 5.94. The number of halogens is 1. The van der Waals surface area contributed by atoms with Crippen LogP contribution >= 0.6 is 11.6 Å². The van der Waals surface area contributed by atoms with Crippen molar-refractivity contribution >= 4 is 11.6 Å². The van der Waals surface area contributed by atoms with E-state index in [1.807, 2.05) is 12.1 Å². The fourth-order valence-corrected chi connectivity index (χ4v) is 1.66. The molecular weight excluding hydrogens is 196 g/mol. The third-order valence-corrected chi connectivity index (χ3v) is 3.39. The first kappa shape index (κ1) is 11.4. The zero-order chi connectivity index (χ0) is 10.6. The Kier molecular flexibility index (Phi) is 3.82. The highest BCUT2D eigenvalue weighted by Gasteiger charge is 2.20. The van der Waals surface area contributed by atoms with Crippen LogP contribution in [0.25, 0.3) is 0 Å². The van der Waals surface area contributed by atoms with Gasteiger partial charge in [0.2, 0.25) is 0 Å². The first-order valence-corrected chi connectivity index (χ1v) is 5.47. The lowest BCUT2D eigenvalue weighted by Gasteiger charge is -2.25. The lowest BCUT2D eigenvalue weighted by molar-refractivity contribution is 0.355. The fourth-order valence-electron chi connectivity index (χ4n) is 1.37. The lowest BCUT2D eigenvalue weighted by Crippen LogP contribution is -2.20. The van der Waals surface area contributed by atoms with Crippen LogP contribution in [0.3, 0.4) is 0 Å². The normalized spacial score (nSPS) is 15.1. The van der Waals surface area contributed by atoms with Crippen LogP contribution in [0.15, 0.2) is 24.3 Å². The molecule has 0 aliphatic carbocycles. The van der Waals surface area contributed by atoms with Gasteiger partial charge in [-0.25, -0.2) is 0 Å². The standard InChI is InChI=1S/C12H17ClO/c1-3-12(2,9-13)8-10-4-6-11(14)7-5-10/h4-7,14H,3,8-9H2,1-2H3. The van der Waals surface area contributed by atoms with Crippen molar-refractivity contribution in [3.05, 3.63) is 29.8 Å². The minimum Gasteiger partial charge on any atom is -0.508 e. The van der Waals surface area contributed by atoms with Gasteiger partial charge >= 0.3 is 0 Å². The van der Waals surface area contributed by atoms with Gasteiger partial charge in [0.05, 0.1) is 0 Å². The summed E-state index contributed by atoms with van der Waals surface area (Å²) in [6.45, 7) is 4.34.